The van der Waals surface area contributed by atoms with Crippen LogP contribution in [0.25, 0.3) is 0 Å². The van der Waals surface area contributed by atoms with Gasteiger partial charge >= 0.3 is 17.9 Å². The molecule has 0 heterocycles. The Kier molecular flexibility index (Phi) is 49.4. The maximum Gasteiger partial charge on any atom is 0.306 e. The first-order valence-corrected chi connectivity index (χ1v) is 26.8. The second-order valence-electron chi connectivity index (χ2n) is 17.8. The van der Waals surface area contributed by atoms with E-state index in [2.05, 4.69) is 81.5 Å². The summed E-state index contributed by atoms with van der Waals surface area (Å²) in [5.74, 6) is -0.921. The molecule has 0 unspecified atom stereocenters. The average molecular weight is 881 g/mol. The van der Waals surface area contributed by atoms with Gasteiger partial charge in [-0.25, -0.2) is 0 Å². The van der Waals surface area contributed by atoms with E-state index >= 15 is 0 Å². The van der Waals surface area contributed by atoms with E-state index in [1.807, 2.05) is 0 Å². The van der Waals surface area contributed by atoms with E-state index in [0.29, 0.717) is 19.3 Å². The normalized spacial score (nSPS) is 12.5. The van der Waals surface area contributed by atoms with Gasteiger partial charge in [0.05, 0.1) is 0 Å². The van der Waals surface area contributed by atoms with Crippen LogP contribution in [0, 0.1) is 0 Å². The van der Waals surface area contributed by atoms with E-state index < -0.39 is 6.10 Å². The quantitative estimate of drug-likeness (QED) is 0.0262. The highest BCUT2D eigenvalue weighted by molar-refractivity contribution is 5.71. The van der Waals surface area contributed by atoms with E-state index in [1.54, 1.807) is 0 Å². The monoisotopic (exact) mass is 881 g/mol. The maximum atomic E-state index is 12.8. The van der Waals surface area contributed by atoms with Gasteiger partial charge in [-0.15, -0.1) is 0 Å². The Bertz CT molecular complexity index is 1150. The van der Waals surface area contributed by atoms with Crippen molar-refractivity contribution >= 4 is 17.9 Å². The van der Waals surface area contributed by atoms with E-state index in [4.69, 9.17) is 14.2 Å². The van der Waals surface area contributed by atoms with E-state index in [-0.39, 0.29) is 31.1 Å². The Morgan fingerprint density at radius 1 is 0.317 bits per heavy atom. The summed E-state index contributed by atoms with van der Waals surface area (Å²) in [6.07, 6.45) is 63.4. The van der Waals surface area contributed by atoms with Crippen molar-refractivity contribution in [2.75, 3.05) is 13.2 Å². The first kappa shape index (κ1) is 60.1. The van der Waals surface area contributed by atoms with Gasteiger partial charge < -0.3 is 14.2 Å². The Balaban J connectivity index is 4.42. The molecule has 1 atom stereocenters. The van der Waals surface area contributed by atoms with Crippen LogP contribution in [-0.4, -0.2) is 37.2 Å². The second-order valence-corrected chi connectivity index (χ2v) is 17.8. The Morgan fingerprint density at radius 2 is 0.571 bits per heavy atom. The van der Waals surface area contributed by atoms with Gasteiger partial charge in [0.2, 0.25) is 0 Å². The Morgan fingerprint density at radius 3 is 0.952 bits per heavy atom. The lowest BCUT2D eigenvalue weighted by molar-refractivity contribution is -0.167. The van der Waals surface area contributed by atoms with Gasteiger partial charge in [0, 0.05) is 19.3 Å². The molecular formula is C57H100O6. The summed E-state index contributed by atoms with van der Waals surface area (Å²) in [6, 6.07) is 0. The predicted octanol–water partition coefficient (Wildman–Crippen LogP) is 17.6. The molecule has 0 N–H and O–H groups in total. The number of allylic oxidation sites excluding steroid dienone is 10. The van der Waals surface area contributed by atoms with Gasteiger partial charge in [-0.2, -0.15) is 0 Å². The van der Waals surface area contributed by atoms with Crippen molar-refractivity contribution in [2.45, 2.75) is 271 Å². The summed E-state index contributed by atoms with van der Waals surface area (Å²) in [6.45, 7) is 6.57. The molecule has 0 saturated carbocycles. The van der Waals surface area contributed by atoms with Gasteiger partial charge in [-0.05, 0) is 89.9 Å². The molecule has 364 valence electrons. The number of carbonyl (C=O) groups excluding carboxylic acids is 3. The highest BCUT2D eigenvalue weighted by Crippen LogP contribution is 2.14. The third kappa shape index (κ3) is 50.0. The summed E-state index contributed by atoms with van der Waals surface area (Å²) in [5, 5.41) is 0. The molecule has 0 amide bonds. The van der Waals surface area contributed by atoms with Crippen LogP contribution in [0.1, 0.15) is 265 Å². The fraction of sp³-hybridized carbons (Fsp3) is 0.772. The molecule has 0 aliphatic rings. The van der Waals surface area contributed by atoms with Crippen molar-refractivity contribution in [3.8, 4) is 0 Å². The number of hydrogen-bond donors (Lipinski definition) is 0. The molecule has 0 spiro atoms. The zero-order chi connectivity index (χ0) is 45.8. The van der Waals surface area contributed by atoms with Gasteiger partial charge in [-0.3, -0.25) is 14.4 Å². The average Bonchev–Trinajstić information content (AvgIpc) is 3.28. The molecule has 0 aromatic heterocycles. The SMILES string of the molecule is CCCCC/C=C\C/C=C\C/C=C\C/C=C\CCCCCC(=O)OC[C@@H](COC(=O)CCCCCCCCCCCCC)OC(=O)CCCCCCC/C=C\CCCCCCCC. The minimum absolute atomic E-state index is 0.0860. The van der Waals surface area contributed by atoms with E-state index in [9.17, 15) is 14.4 Å². The fourth-order valence-corrected chi connectivity index (χ4v) is 7.42. The van der Waals surface area contributed by atoms with Crippen molar-refractivity contribution in [3.05, 3.63) is 60.8 Å². The van der Waals surface area contributed by atoms with Gasteiger partial charge in [0.15, 0.2) is 6.10 Å². The molecule has 0 rings (SSSR count). The zero-order valence-corrected chi connectivity index (χ0v) is 41.6. The minimum Gasteiger partial charge on any atom is -0.462 e. The molecular weight excluding hydrogens is 781 g/mol. The number of ether oxygens (including phenoxy) is 3. The van der Waals surface area contributed by atoms with Crippen molar-refractivity contribution in [1.29, 1.82) is 0 Å². The summed E-state index contributed by atoms with van der Waals surface area (Å²) >= 11 is 0. The third-order valence-electron chi connectivity index (χ3n) is 11.5. The number of unbranched alkanes of at least 4 members (excludes halogenated alkanes) is 27. The summed E-state index contributed by atoms with van der Waals surface area (Å²) in [5.41, 5.74) is 0. The number of rotatable bonds is 48. The Hall–Kier alpha value is -2.89. The lowest BCUT2D eigenvalue weighted by atomic mass is 10.1. The van der Waals surface area contributed by atoms with Crippen LogP contribution in [0.3, 0.4) is 0 Å². The lowest BCUT2D eigenvalue weighted by Gasteiger charge is -2.18. The Labute approximate surface area is 390 Å². The fourth-order valence-electron chi connectivity index (χ4n) is 7.42. The highest BCUT2D eigenvalue weighted by atomic mass is 16.6. The van der Waals surface area contributed by atoms with Gasteiger partial charge in [-0.1, -0.05) is 216 Å². The summed E-state index contributed by atoms with van der Waals surface area (Å²) in [4.78, 5) is 38.0. The molecule has 0 bridgehead atoms. The molecule has 0 aromatic rings. The largest absolute Gasteiger partial charge is 0.462 e. The van der Waals surface area contributed by atoms with E-state index in [1.165, 1.54) is 128 Å². The molecule has 63 heavy (non-hydrogen) atoms. The zero-order valence-electron chi connectivity index (χ0n) is 41.6. The number of carbonyl (C=O) groups is 3. The van der Waals surface area contributed by atoms with Crippen molar-refractivity contribution in [2.24, 2.45) is 0 Å². The van der Waals surface area contributed by atoms with E-state index in [0.717, 1.165) is 96.3 Å². The molecule has 0 aliphatic heterocycles. The summed E-state index contributed by atoms with van der Waals surface area (Å²) in [7, 11) is 0. The van der Waals surface area contributed by atoms with Gasteiger partial charge in [0.1, 0.15) is 13.2 Å². The maximum absolute atomic E-state index is 12.8. The molecule has 0 fully saturated rings. The number of esters is 3. The first-order chi connectivity index (χ1) is 31.0. The van der Waals surface area contributed by atoms with Crippen LogP contribution in [0.4, 0.5) is 0 Å². The highest BCUT2D eigenvalue weighted by Gasteiger charge is 2.19. The second kappa shape index (κ2) is 51.7. The predicted molar refractivity (Wildman–Crippen MR) is 270 cm³/mol. The molecule has 0 radical (unpaired) electrons. The first-order valence-electron chi connectivity index (χ1n) is 26.8. The van der Waals surface area contributed by atoms with Crippen molar-refractivity contribution in [1.82, 2.24) is 0 Å². The lowest BCUT2D eigenvalue weighted by Crippen LogP contribution is -2.30. The third-order valence-corrected chi connectivity index (χ3v) is 11.5. The molecule has 0 saturated heterocycles. The molecule has 6 heteroatoms. The topological polar surface area (TPSA) is 78.9 Å². The van der Waals surface area contributed by atoms with Gasteiger partial charge in [0.25, 0.3) is 0 Å². The minimum atomic E-state index is -0.789. The number of hydrogen-bond acceptors (Lipinski definition) is 6. The summed E-state index contributed by atoms with van der Waals surface area (Å²) < 4.78 is 16.8. The van der Waals surface area contributed by atoms with Crippen LogP contribution in [-0.2, 0) is 28.6 Å². The van der Waals surface area contributed by atoms with Crippen molar-refractivity contribution in [3.63, 3.8) is 0 Å². The molecule has 6 nitrogen and oxygen atoms in total. The molecule has 0 aliphatic carbocycles. The van der Waals surface area contributed by atoms with Crippen LogP contribution >= 0.6 is 0 Å². The van der Waals surface area contributed by atoms with Crippen LogP contribution in [0.15, 0.2) is 60.8 Å². The van der Waals surface area contributed by atoms with Crippen molar-refractivity contribution < 1.29 is 28.6 Å². The van der Waals surface area contributed by atoms with Crippen LogP contribution in [0.2, 0.25) is 0 Å². The molecule has 0 aromatic carbocycles. The van der Waals surface area contributed by atoms with Crippen LogP contribution < -0.4 is 0 Å². The standard InChI is InChI=1S/C57H100O6/c1-4-7-10-13-16-19-22-24-26-27-28-29-31-32-35-38-41-44-47-50-56(59)62-53-54(52-61-55(58)49-46-43-40-37-34-21-18-15-12-9-6-3)63-57(60)51-48-45-42-39-36-33-30-25-23-20-17-14-11-8-5-2/h16,19,24-26,28-30,32,35,54H,4-15,17-18,20-23,27,31,33-34,36-53H2,1-3H3/b19-16-,26-24-,29-28-,30-25-,35-32-/t54-/m1/s1. The van der Waals surface area contributed by atoms with Crippen LogP contribution in [0.5, 0.6) is 0 Å². The smallest absolute Gasteiger partial charge is 0.306 e.